The first-order valence-electron chi connectivity index (χ1n) is 4.32. The second-order valence-corrected chi connectivity index (χ2v) is 3.60. The van der Waals surface area contributed by atoms with Gasteiger partial charge >= 0.3 is 5.97 Å². The molecule has 3 nitrogen and oxygen atoms in total. The Morgan fingerprint density at radius 2 is 2.33 bits per heavy atom. The van der Waals surface area contributed by atoms with Crippen molar-refractivity contribution in [2.75, 3.05) is 11.9 Å². The highest BCUT2D eigenvalue weighted by atomic mass is 79.9. The van der Waals surface area contributed by atoms with Crippen LogP contribution in [0.1, 0.15) is 17.3 Å². The predicted octanol–water partition coefficient (Wildman–Crippen LogP) is 2.58. The van der Waals surface area contributed by atoms with E-state index in [-0.39, 0.29) is 5.56 Å². The number of rotatable bonds is 3. The minimum Gasteiger partial charge on any atom is -0.478 e. The van der Waals surface area contributed by atoms with Crippen molar-refractivity contribution >= 4 is 27.6 Å². The van der Waals surface area contributed by atoms with Gasteiger partial charge in [0.1, 0.15) is 0 Å². The van der Waals surface area contributed by atoms with E-state index in [1.54, 1.807) is 25.1 Å². The molecule has 0 saturated carbocycles. The summed E-state index contributed by atoms with van der Waals surface area (Å²) < 4.78 is 0.560. The molecule has 0 aromatic heterocycles. The fraction of sp³-hybridized carbons (Fsp3) is 0.182. The number of carboxylic acid groups (broad SMARTS) is 1. The molecule has 0 aliphatic rings. The van der Waals surface area contributed by atoms with E-state index in [1.165, 1.54) is 0 Å². The van der Waals surface area contributed by atoms with Crippen LogP contribution in [0, 0.1) is 11.8 Å². The highest BCUT2D eigenvalue weighted by Gasteiger charge is 2.12. The molecule has 0 spiro atoms. The number of aromatic carboxylic acids is 1. The summed E-state index contributed by atoms with van der Waals surface area (Å²) in [6.45, 7) is 2.17. The monoisotopic (exact) mass is 267 g/mol. The largest absolute Gasteiger partial charge is 0.478 e. The van der Waals surface area contributed by atoms with E-state index in [0.717, 1.165) is 0 Å². The number of hydrogen-bond acceptors (Lipinski definition) is 2. The third-order valence-electron chi connectivity index (χ3n) is 1.77. The predicted molar refractivity (Wildman–Crippen MR) is 63.0 cm³/mol. The van der Waals surface area contributed by atoms with Gasteiger partial charge < -0.3 is 10.4 Å². The zero-order chi connectivity index (χ0) is 11.3. The minimum absolute atomic E-state index is 0.232. The van der Waals surface area contributed by atoms with Gasteiger partial charge in [0.2, 0.25) is 0 Å². The summed E-state index contributed by atoms with van der Waals surface area (Å²) >= 11 is 3.20. The molecular formula is C11H10BrNO2. The maximum atomic E-state index is 11.0. The highest BCUT2D eigenvalue weighted by Crippen LogP contribution is 2.24. The Bertz CT molecular complexity index is 432. The molecule has 0 radical (unpaired) electrons. The van der Waals surface area contributed by atoms with E-state index in [1.807, 2.05) is 0 Å². The molecule has 78 valence electrons. The van der Waals surface area contributed by atoms with E-state index in [4.69, 9.17) is 5.11 Å². The van der Waals surface area contributed by atoms with E-state index in [0.29, 0.717) is 16.7 Å². The number of carbonyl (C=O) groups is 1. The van der Waals surface area contributed by atoms with Gasteiger partial charge in [-0.1, -0.05) is 12.0 Å². The Kier molecular flexibility index (Phi) is 4.19. The molecule has 0 fully saturated rings. The molecule has 0 saturated heterocycles. The Morgan fingerprint density at radius 3 is 2.93 bits per heavy atom. The van der Waals surface area contributed by atoms with Crippen LogP contribution in [-0.2, 0) is 0 Å². The molecule has 0 unspecified atom stereocenters. The lowest BCUT2D eigenvalue weighted by Gasteiger charge is -2.08. The highest BCUT2D eigenvalue weighted by molar-refractivity contribution is 9.10. The molecule has 0 aliphatic carbocycles. The molecular weight excluding hydrogens is 258 g/mol. The summed E-state index contributed by atoms with van der Waals surface area (Å²) in [5.41, 5.74) is 0.801. The standard InChI is InChI=1S/C11H10BrNO2/c1-2-3-7-13-9-6-4-5-8(12)10(9)11(14)15/h4-6,13H,7H2,1H3,(H,14,15). The number of hydrogen-bond donors (Lipinski definition) is 2. The Balaban J connectivity index is 2.99. The lowest BCUT2D eigenvalue weighted by Crippen LogP contribution is -2.07. The number of carboxylic acids is 1. The molecule has 0 aliphatic heterocycles. The van der Waals surface area contributed by atoms with Crippen LogP contribution in [0.4, 0.5) is 5.69 Å². The molecule has 0 heterocycles. The van der Waals surface area contributed by atoms with Gasteiger partial charge in [0.25, 0.3) is 0 Å². The first-order valence-corrected chi connectivity index (χ1v) is 5.11. The molecule has 1 aromatic carbocycles. The van der Waals surface area contributed by atoms with Crippen molar-refractivity contribution < 1.29 is 9.90 Å². The quantitative estimate of drug-likeness (QED) is 0.828. The van der Waals surface area contributed by atoms with Crippen LogP contribution >= 0.6 is 15.9 Å². The van der Waals surface area contributed by atoms with Crippen LogP contribution in [0.25, 0.3) is 0 Å². The number of anilines is 1. The molecule has 15 heavy (non-hydrogen) atoms. The summed E-state index contributed by atoms with van der Waals surface area (Å²) in [5.74, 6) is 4.58. The zero-order valence-electron chi connectivity index (χ0n) is 8.17. The van der Waals surface area contributed by atoms with E-state index in [9.17, 15) is 4.79 Å². The second kappa shape index (κ2) is 5.42. The maximum absolute atomic E-state index is 11.0. The molecule has 2 N–H and O–H groups in total. The van der Waals surface area contributed by atoms with Crippen LogP contribution in [0.5, 0.6) is 0 Å². The van der Waals surface area contributed by atoms with Crippen molar-refractivity contribution in [1.29, 1.82) is 0 Å². The van der Waals surface area contributed by atoms with Crippen LogP contribution in [0.15, 0.2) is 22.7 Å². The van der Waals surface area contributed by atoms with Crippen LogP contribution in [0.3, 0.4) is 0 Å². The van der Waals surface area contributed by atoms with Crippen molar-refractivity contribution in [3.05, 3.63) is 28.2 Å². The molecule has 1 rings (SSSR count). The van der Waals surface area contributed by atoms with Crippen LogP contribution in [0.2, 0.25) is 0 Å². The van der Waals surface area contributed by atoms with Gasteiger partial charge in [-0.25, -0.2) is 4.79 Å². The van der Waals surface area contributed by atoms with Gasteiger partial charge in [-0.2, -0.15) is 0 Å². The molecule has 0 bridgehead atoms. The summed E-state index contributed by atoms with van der Waals surface area (Å²) in [7, 11) is 0. The topological polar surface area (TPSA) is 49.3 Å². The Labute approximate surface area is 96.6 Å². The molecule has 4 heteroatoms. The number of nitrogens with one attached hydrogen (secondary N) is 1. The van der Waals surface area contributed by atoms with Crippen LogP contribution < -0.4 is 5.32 Å². The smallest absolute Gasteiger partial charge is 0.338 e. The van der Waals surface area contributed by atoms with Crippen molar-refractivity contribution in [1.82, 2.24) is 0 Å². The average molecular weight is 268 g/mol. The summed E-state index contributed by atoms with van der Waals surface area (Å²) in [5, 5.41) is 11.9. The van der Waals surface area contributed by atoms with E-state index in [2.05, 4.69) is 33.1 Å². The number of halogens is 1. The first kappa shape index (κ1) is 11.6. The summed E-state index contributed by atoms with van der Waals surface area (Å²) in [6.07, 6.45) is 0. The SMILES string of the molecule is CC#CCNc1cccc(Br)c1C(=O)O. The van der Waals surface area contributed by atoms with Gasteiger partial charge in [0.15, 0.2) is 0 Å². The van der Waals surface area contributed by atoms with E-state index >= 15 is 0 Å². The molecule has 0 atom stereocenters. The van der Waals surface area contributed by atoms with Gasteiger partial charge in [0.05, 0.1) is 17.8 Å². The van der Waals surface area contributed by atoms with E-state index < -0.39 is 5.97 Å². The van der Waals surface area contributed by atoms with Gasteiger partial charge in [-0.15, -0.1) is 5.92 Å². The van der Waals surface area contributed by atoms with Crippen molar-refractivity contribution in [3.63, 3.8) is 0 Å². The zero-order valence-corrected chi connectivity index (χ0v) is 9.76. The summed E-state index contributed by atoms with van der Waals surface area (Å²) in [4.78, 5) is 11.0. The van der Waals surface area contributed by atoms with Crippen molar-refractivity contribution in [2.45, 2.75) is 6.92 Å². The minimum atomic E-state index is -0.963. The van der Waals surface area contributed by atoms with Gasteiger partial charge in [-0.3, -0.25) is 0 Å². The van der Waals surface area contributed by atoms with Crippen molar-refractivity contribution in [3.8, 4) is 11.8 Å². The second-order valence-electron chi connectivity index (χ2n) is 2.75. The lowest BCUT2D eigenvalue weighted by atomic mass is 10.2. The fourth-order valence-corrected chi connectivity index (χ4v) is 1.65. The fourth-order valence-electron chi connectivity index (χ4n) is 1.12. The van der Waals surface area contributed by atoms with Gasteiger partial charge in [-0.05, 0) is 35.0 Å². The third-order valence-corrected chi connectivity index (χ3v) is 2.43. The third kappa shape index (κ3) is 3.00. The summed E-state index contributed by atoms with van der Waals surface area (Å²) in [6, 6.07) is 5.18. The normalized spacial score (nSPS) is 8.93. The van der Waals surface area contributed by atoms with Gasteiger partial charge in [0, 0.05) is 4.47 Å². The molecule has 1 aromatic rings. The Morgan fingerprint density at radius 1 is 1.60 bits per heavy atom. The first-order chi connectivity index (χ1) is 7.16. The maximum Gasteiger partial charge on any atom is 0.338 e. The Hall–Kier alpha value is -1.47. The molecule has 0 amide bonds. The average Bonchev–Trinajstić information content (AvgIpc) is 2.17. The van der Waals surface area contributed by atoms with Crippen LogP contribution in [-0.4, -0.2) is 17.6 Å². The number of benzene rings is 1. The lowest BCUT2D eigenvalue weighted by molar-refractivity contribution is 0.0697. The van der Waals surface area contributed by atoms with Crippen molar-refractivity contribution in [2.24, 2.45) is 0 Å².